The minimum atomic E-state index is 0.247. The van der Waals surface area contributed by atoms with Gasteiger partial charge in [0.15, 0.2) is 0 Å². The predicted octanol–water partition coefficient (Wildman–Crippen LogP) is 4.30. The molecule has 1 heterocycles. The maximum absolute atomic E-state index is 6.01. The smallest absolute Gasteiger partial charge is 0.126 e. The molecule has 1 aromatic rings. The van der Waals surface area contributed by atoms with Crippen LogP contribution >= 0.6 is 11.6 Å². The van der Waals surface area contributed by atoms with Gasteiger partial charge in [0.1, 0.15) is 17.6 Å². The Morgan fingerprint density at radius 3 is 2.84 bits per heavy atom. The molecule has 0 saturated heterocycles. The van der Waals surface area contributed by atoms with Gasteiger partial charge in [0.05, 0.1) is 7.11 Å². The quantitative estimate of drug-likeness (QED) is 0.766. The van der Waals surface area contributed by atoms with E-state index < -0.39 is 0 Å². The molecule has 0 saturated carbocycles. The predicted molar refractivity (Wildman–Crippen MR) is 80.3 cm³/mol. The van der Waals surface area contributed by atoms with Gasteiger partial charge in [-0.3, -0.25) is 0 Å². The third-order valence-electron chi connectivity index (χ3n) is 3.49. The number of halogens is 1. The maximum Gasteiger partial charge on any atom is 0.126 e. The maximum atomic E-state index is 6.01. The summed E-state index contributed by atoms with van der Waals surface area (Å²) in [6.45, 7) is 6.37. The first kappa shape index (κ1) is 14.3. The average Bonchev–Trinajstić information content (AvgIpc) is 2.73. The molecule has 3 heteroatoms. The highest BCUT2D eigenvalue weighted by atomic mass is 35.5. The van der Waals surface area contributed by atoms with Gasteiger partial charge in [0.25, 0.3) is 0 Å². The van der Waals surface area contributed by atoms with E-state index in [0.29, 0.717) is 11.8 Å². The van der Waals surface area contributed by atoms with E-state index in [-0.39, 0.29) is 6.10 Å². The molecule has 2 nitrogen and oxygen atoms in total. The molecular formula is C16H21ClO2. The van der Waals surface area contributed by atoms with Crippen molar-refractivity contribution in [3.8, 4) is 11.5 Å². The standard InChI is InChI=1S/C16H21ClO2/c1-10(2)14(9-17)6-13-8-16-12(5-11(3)19-16)7-15(13)18-4/h6-8,10-11H,5,9H2,1-4H3/b14-6-. The Bertz CT molecular complexity index is 492. The van der Waals surface area contributed by atoms with Gasteiger partial charge in [0, 0.05) is 23.4 Å². The van der Waals surface area contributed by atoms with E-state index >= 15 is 0 Å². The summed E-state index contributed by atoms with van der Waals surface area (Å²) in [6.07, 6.45) is 3.31. The molecule has 1 atom stereocenters. The summed E-state index contributed by atoms with van der Waals surface area (Å²) in [5.74, 6) is 2.82. The molecule has 0 N–H and O–H groups in total. The zero-order valence-electron chi connectivity index (χ0n) is 12.0. The Labute approximate surface area is 120 Å². The molecule has 0 bridgehead atoms. The molecule has 1 aromatic carbocycles. The van der Waals surface area contributed by atoms with Crippen molar-refractivity contribution in [1.82, 2.24) is 0 Å². The summed E-state index contributed by atoms with van der Waals surface area (Å²) in [6, 6.07) is 4.14. The second-order valence-corrected chi connectivity index (χ2v) is 5.61. The molecule has 1 aliphatic heterocycles. The Morgan fingerprint density at radius 1 is 1.53 bits per heavy atom. The Hall–Kier alpha value is -1.15. The largest absolute Gasteiger partial charge is 0.496 e. The van der Waals surface area contributed by atoms with Crippen molar-refractivity contribution in [1.29, 1.82) is 0 Å². The first-order valence-electron chi connectivity index (χ1n) is 6.69. The minimum absolute atomic E-state index is 0.247. The van der Waals surface area contributed by atoms with Crippen molar-refractivity contribution >= 4 is 17.7 Å². The van der Waals surface area contributed by atoms with E-state index in [9.17, 15) is 0 Å². The van der Waals surface area contributed by atoms with Gasteiger partial charge < -0.3 is 9.47 Å². The van der Waals surface area contributed by atoms with Gasteiger partial charge in [-0.25, -0.2) is 0 Å². The van der Waals surface area contributed by atoms with Crippen LogP contribution in [0.3, 0.4) is 0 Å². The van der Waals surface area contributed by atoms with Crippen LogP contribution in [0.15, 0.2) is 17.7 Å². The van der Waals surface area contributed by atoms with Crippen LogP contribution in [0.4, 0.5) is 0 Å². The zero-order valence-corrected chi connectivity index (χ0v) is 12.8. The van der Waals surface area contributed by atoms with Crippen molar-refractivity contribution in [2.24, 2.45) is 5.92 Å². The zero-order chi connectivity index (χ0) is 14.0. The number of rotatable bonds is 4. The second kappa shape index (κ2) is 5.87. The highest BCUT2D eigenvalue weighted by molar-refractivity contribution is 6.19. The summed E-state index contributed by atoms with van der Waals surface area (Å²) in [5, 5.41) is 0. The fourth-order valence-corrected chi connectivity index (χ4v) is 2.69. The van der Waals surface area contributed by atoms with E-state index in [0.717, 1.165) is 23.5 Å². The normalized spacial score (nSPS) is 18.4. The van der Waals surface area contributed by atoms with Crippen molar-refractivity contribution in [2.75, 3.05) is 13.0 Å². The molecule has 0 amide bonds. The van der Waals surface area contributed by atoms with Crippen LogP contribution in [0.5, 0.6) is 11.5 Å². The number of methoxy groups -OCH3 is 1. The summed E-state index contributed by atoms with van der Waals surface area (Å²) in [4.78, 5) is 0. The van der Waals surface area contributed by atoms with E-state index in [2.05, 4.69) is 39.0 Å². The van der Waals surface area contributed by atoms with Crippen LogP contribution in [0.1, 0.15) is 31.9 Å². The monoisotopic (exact) mass is 280 g/mol. The van der Waals surface area contributed by atoms with Crippen LogP contribution in [0.25, 0.3) is 6.08 Å². The molecular weight excluding hydrogens is 260 g/mol. The summed E-state index contributed by atoms with van der Waals surface area (Å²) in [7, 11) is 1.70. The third kappa shape index (κ3) is 3.06. The van der Waals surface area contributed by atoms with Crippen LogP contribution in [0, 0.1) is 5.92 Å². The fourth-order valence-electron chi connectivity index (χ4n) is 2.30. The molecule has 1 unspecified atom stereocenters. The lowest BCUT2D eigenvalue weighted by atomic mass is 10.00. The van der Waals surface area contributed by atoms with E-state index in [1.54, 1.807) is 7.11 Å². The number of alkyl halides is 1. The average molecular weight is 281 g/mol. The number of benzene rings is 1. The minimum Gasteiger partial charge on any atom is -0.496 e. The summed E-state index contributed by atoms with van der Waals surface area (Å²) in [5.41, 5.74) is 3.46. The Kier molecular flexibility index (Phi) is 4.41. The fraction of sp³-hybridized carbons (Fsp3) is 0.500. The topological polar surface area (TPSA) is 18.5 Å². The van der Waals surface area contributed by atoms with Gasteiger partial charge in [0.2, 0.25) is 0 Å². The molecule has 2 rings (SSSR count). The SMILES string of the molecule is COc1cc2c(cc1/C=C(/CCl)C(C)C)OC(C)C2. The molecule has 104 valence electrons. The first-order valence-corrected chi connectivity index (χ1v) is 7.22. The van der Waals surface area contributed by atoms with Crippen LogP contribution in [-0.2, 0) is 6.42 Å². The third-order valence-corrected chi connectivity index (χ3v) is 3.79. The van der Waals surface area contributed by atoms with Crippen LogP contribution in [-0.4, -0.2) is 19.1 Å². The van der Waals surface area contributed by atoms with Gasteiger partial charge >= 0.3 is 0 Å². The van der Waals surface area contributed by atoms with E-state index in [1.807, 2.05) is 0 Å². The highest BCUT2D eigenvalue weighted by Gasteiger charge is 2.21. The number of ether oxygens (including phenoxy) is 2. The van der Waals surface area contributed by atoms with Crippen molar-refractivity contribution in [3.05, 3.63) is 28.8 Å². The lowest BCUT2D eigenvalue weighted by Gasteiger charge is -2.12. The number of allylic oxidation sites excluding steroid dienone is 1. The van der Waals surface area contributed by atoms with E-state index in [4.69, 9.17) is 21.1 Å². The first-order chi connectivity index (χ1) is 9.05. The van der Waals surface area contributed by atoms with Crippen LogP contribution < -0.4 is 9.47 Å². The second-order valence-electron chi connectivity index (χ2n) is 5.34. The molecule has 0 aromatic heterocycles. The molecule has 0 spiro atoms. The Balaban J connectivity index is 2.43. The van der Waals surface area contributed by atoms with Crippen molar-refractivity contribution < 1.29 is 9.47 Å². The van der Waals surface area contributed by atoms with Gasteiger partial charge in [-0.15, -0.1) is 11.6 Å². The summed E-state index contributed by atoms with van der Waals surface area (Å²) >= 11 is 6.01. The van der Waals surface area contributed by atoms with Gasteiger partial charge in [-0.05, 0) is 25.0 Å². The number of hydrogen-bond donors (Lipinski definition) is 0. The molecule has 19 heavy (non-hydrogen) atoms. The number of hydrogen-bond acceptors (Lipinski definition) is 2. The van der Waals surface area contributed by atoms with E-state index in [1.165, 1.54) is 11.1 Å². The van der Waals surface area contributed by atoms with Crippen molar-refractivity contribution in [2.45, 2.75) is 33.3 Å². The van der Waals surface area contributed by atoms with Crippen LogP contribution in [0.2, 0.25) is 0 Å². The molecule has 0 aliphatic carbocycles. The number of fused-ring (bicyclic) bond motifs is 1. The highest BCUT2D eigenvalue weighted by Crippen LogP contribution is 2.36. The molecule has 0 fully saturated rings. The van der Waals surface area contributed by atoms with Crippen molar-refractivity contribution in [3.63, 3.8) is 0 Å². The molecule has 0 radical (unpaired) electrons. The van der Waals surface area contributed by atoms with Gasteiger partial charge in [-0.2, -0.15) is 0 Å². The van der Waals surface area contributed by atoms with Gasteiger partial charge in [-0.1, -0.05) is 25.5 Å². The lowest BCUT2D eigenvalue weighted by molar-refractivity contribution is 0.254. The summed E-state index contributed by atoms with van der Waals surface area (Å²) < 4.78 is 11.3. The molecule has 1 aliphatic rings. The lowest BCUT2D eigenvalue weighted by Crippen LogP contribution is -2.05. The Morgan fingerprint density at radius 2 is 2.26 bits per heavy atom.